The van der Waals surface area contributed by atoms with Gasteiger partial charge in [0.1, 0.15) is 0 Å². The SMILES string of the molecule is CC(C)CCSCCCCCCCCCCC(N)=O. The Hall–Kier alpha value is -0.180. The largest absolute Gasteiger partial charge is 0.370 e. The van der Waals surface area contributed by atoms with Gasteiger partial charge in [-0.05, 0) is 36.7 Å². The highest BCUT2D eigenvalue weighted by Gasteiger charge is 1.96. The van der Waals surface area contributed by atoms with E-state index in [0.717, 1.165) is 18.8 Å². The van der Waals surface area contributed by atoms with E-state index in [9.17, 15) is 4.79 Å². The molecule has 2 nitrogen and oxygen atoms in total. The van der Waals surface area contributed by atoms with Crippen molar-refractivity contribution in [2.24, 2.45) is 11.7 Å². The number of amides is 1. The van der Waals surface area contributed by atoms with Crippen molar-refractivity contribution < 1.29 is 4.79 Å². The molecular formula is C16H33NOS. The maximum absolute atomic E-state index is 10.5. The summed E-state index contributed by atoms with van der Waals surface area (Å²) >= 11 is 2.12. The third-order valence-electron chi connectivity index (χ3n) is 3.30. The predicted octanol–water partition coefficient (Wildman–Crippen LogP) is 4.76. The topological polar surface area (TPSA) is 43.1 Å². The molecule has 0 saturated carbocycles. The minimum absolute atomic E-state index is 0.157. The van der Waals surface area contributed by atoms with Crippen molar-refractivity contribution in [3.63, 3.8) is 0 Å². The van der Waals surface area contributed by atoms with Crippen molar-refractivity contribution in [1.82, 2.24) is 0 Å². The Morgan fingerprint density at radius 3 is 1.95 bits per heavy atom. The maximum atomic E-state index is 10.5. The summed E-state index contributed by atoms with van der Waals surface area (Å²) in [4.78, 5) is 10.5. The van der Waals surface area contributed by atoms with Gasteiger partial charge in [0.2, 0.25) is 5.91 Å². The lowest BCUT2D eigenvalue weighted by Gasteiger charge is -2.04. The highest BCUT2D eigenvalue weighted by atomic mass is 32.2. The van der Waals surface area contributed by atoms with Crippen molar-refractivity contribution in [2.75, 3.05) is 11.5 Å². The zero-order chi connectivity index (χ0) is 14.3. The third-order valence-corrected chi connectivity index (χ3v) is 4.40. The Morgan fingerprint density at radius 1 is 0.895 bits per heavy atom. The van der Waals surface area contributed by atoms with E-state index in [1.54, 1.807) is 0 Å². The molecule has 2 N–H and O–H groups in total. The number of nitrogens with two attached hydrogens (primary N) is 1. The van der Waals surface area contributed by atoms with Gasteiger partial charge in [-0.3, -0.25) is 4.79 Å². The van der Waals surface area contributed by atoms with E-state index >= 15 is 0 Å². The van der Waals surface area contributed by atoms with Crippen LogP contribution in [0.3, 0.4) is 0 Å². The molecule has 0 bridgehead atoms. The molecule has 0 spiro atoms. The lowest BCUT2D eigenvalue weighted by atomic mass is 10.1. The van der Waals surface area contributed by atoms with Crippen LogP contribution in [0.15, 0.2) is 0 Å². The average Bonchev–Trinajstić information content (AvgIpc) is 2.34. The first-order chi connectivity index (χ1) is 9.13. The number of thioether (sulfide) groups is 1. The number of rotatable bonds is 14. The number of unbranched alkanes of at least 4 members (excludes halogenated alkanes) is 7. The second kappa shape index (κ2) is 14.2. The van der Waals surface area contributed by atoms with E-state index in [1.807, 2.05) is 0 Å². The molecule has 0 aromatic heterocycles. The standard InChI is InChI=1S/C16H33NOS/c1-15(2)12-14-19-13-10-8-6-4-3-5-7-9-11-16(17)18/h15H,3-14H2,1-2H3,(H2,17,18). The molecule has 0 rings (SSSR count). The molecular weight excluding hydrogens is 254 g/mol. The quantitative estimate of drug-likeness (QED) is 0.468. The fourth-order valence-electron chi connectivity index (χ4n) is 1.99. The van der Waals surface area contributed by atoms with Crippen molar-refractivity contribution in [1.29, 1.82) is 0 Å². The fraction of sp³-hybridized carbons (Fsp3) is 0.938. The summed E-state index contributed by atoms with van der Waals surface area (Å²) in [5.74, 6) is 3.36. The summed E-state index contributed by atoms with van der Waals surface area (Å²) in [6.45, 7) is 4.59. The number of primary amides is 1. The summed E-state index contributed by atoms with van der Waals surface area (Å²) in [6.07, 6.45) is 12.1. The summed E-state index contributed by atoms with van der Waals surface area (Å²) in [5.41, 5.74) is 5.10. The molecule has 0 aliphatic heterocycles. The van der Waals surface area contributed by atoms with Gasteiger partial charge >= 0.3 is 0 Å². The van der Waals surface area contributed by atoms with Gasteiger partial charge in [-0.25, -0.2) is 0 Å². The van der Waals surface area contributed by atoms with Crippen LogP contribution in [0, 0.1) is 5.92 Å². The lowest BCUT2D eigenvalue weighted by molar-refractivity contribution is -0.118. The second-order valence-corrected chi connectivity index (χ2v) is 7.06. The predicted molar refractivity (Wildman–Crippen MR) is 87.5 cm³/mol. The summed E-state index contributed by atoms with van der Waals surface area (Å²) < 4.78 is 0. The lowest BCUT2D eigenvalue weighted by Crippen LogP contribution is -2.09. The van der Waals surface area contributed by atoms with Gasteiger partial charge in [-0.2, -0.15) is 11.8 Å². The molecule has 0 aromatic carbocycles. The average molecular weight is 288 g/mol. The number of carbonyl (C=O) groups is 1. The molecule has 19 heavy (non-hydrogen) atoms. The molecule has 0 atom stereocenters. The summed E-state index contributed by atoms with van der Waals surface area (Å²) in [6, 6.07) is 0. The molecule has 3 heteroatoms. The Morgan fingerprint density at radius 2 is 1.42 bits per heavy atom. The zero-order valence-corrected chi connectivity index (χ0v) is 13.8. The molecule has 0 heterocycles. The van der Waals surface area contributed by atoms with E-state index in [4.69, 9.17) is 5.73 Å². The van der Waals surface area contributed by atoms with Crippen molar-refractivity contribution in [3.8, 4) is 0 Å². The first kappa shape index (κ1) is 18.8. The minimum Gasteiger partial charge on any atom is -0.370 e. The maximum Gasteiger partial charge on any atom is 0.217 e. The summed E-state index contributed by atoms with van der Waals surface area (Å²) in [7, 11) is 0. The Balaban J connectivity index is 2.97. The van der Waals surface area contributed by atoms with E-state index in [-0.39, 0.29) is 5.91 Å². The molecule has 0 radical (unpaired) electrons. The van der Waals surface area contributed by atoms with E-state index in [1.165, 1.54) is 56.5 Å². The van der Waals surface area contributed by atoms with Crippen LogP contribution in [0.25, 0.3) is 0 Å². The molecule has 0 aliphatic carbocycles. The van der Waals surface area contributed by atoms with Gasteiger partial charge < -0.3 is 5.73 Å². The Kier molecular flexibility index (Phi) is 14.1. The van der Waals surface area contributed by atoms with Gasteiger partial charge in [-0.15, -0.1) is 0 Å². The van der Waals surface area contributed by atoms with Crippen molar-refractivity contribution >= 4 is 17.7 Å². The fourth-order valence-corrected chi connectivity index (χ4v) is 3.24. The first-order valence-electron chi connectivity index (χ1n) is 7.99. The van der Waals surface area contributed by atoms with Gasteiger partial charge in [0.05, 0.1) is 0 Å². The first-order valence-corrected chi connectivity index (χ1v) is 9.14. The Bertz CT molecular complexity index is 207. The van der Waals surface area contributed by atoms with Crippen LogP contribution >= 0.6 is 11.8 Å². The number of carbonyl (C=O) groups excluding carboxylic acids is 1. The Labute approximate surface area is 124 Å². The van der Waals surface area contributed by atoms with Gasteiger partial charge in [-0.1, -0.05) is 52.4 Å². The molecule has 0 aliphatic rings. The van der Waals surface area contributed by atoms with Crippen LogP contribution in [-0.4, -0.2) is 17.4 Å². The summed E-state index contributed by atoms with van der Waals surface area (Å²) in [5, 5.41) is 0. The van der Waals surface area contributed by atoms with Crippen molar-refractivity contribution in [2.45, 2.75) is 78.1 Å². The normalized spacial score (nSPS) is 11.1. The molecule has 1 amide bonds. The van der Waals surface area contributed by atoms with Crippen molar-refractivity contribution in [3.05, 3.63) is 0 Å². The molecule has 0 saturated heterocycles. The van der Waals surface area contributed by atoms with Gasteiger partial charge in [0.15, 0.2) is 0 Å². The zero-order valence-electron chi connectivity index (χ0n) is 13.0. The second-order valence-electron chi connectivity index (χ2n) is 5.84. The van der Waals surface area contributed by atoms with Crippen LogP contribution < -0.4 is 5.73 Å². The highest BCUT2D eigenvalue weighted by molar-refractivity contribution is 7.99. The van der Waals surface area contributed by atoms with Crippen LogP contribution in [0.5, 0.6) is 0 Å². The van der Waals surface area contributed by atoms with Crippen LogP contribution in [0.4, 0.5) is 0 Å². The smallest absolute Gasteiger partial charge is 0.217 e. The highest BCUT2D eigenvalue weighted by Crippen LogP contribution is 2.13. The van der Waals surface area contributed by atoms with Gasteiger partial charge in [0, 0.05) is 6.42 Å². The molecule has 0 aromatic rings. The van der Waals surface area contributed by atoms with E-state index in [0.29, 0.717) is 6.42 Å². The molecule has 0 fully saturated rings. The number of hydrogen-bond acceptors (Lipinski definition) is 2. The van der Waals surface area contributed by atoms with Crippen LogP contribution in [-0.2, 0) is 4.79 Å². The van der Waals surface area contributed by atoms with Gasteiger partial charge in [0.25, 0.3) is 0 Å². The number of hydrogen-bond donors (Lipinski definition) is 1. The van der Waals surface area contributed by atoms with E-state index in [2.05, 4.69) is 25.6 Å². The van der Waals surface area contributed by atoms with Crippen LogP contribution in [0.1, 0.15) is 78.1 Å². The van der Waals surface area contributed by atoms with E-state index < -0.39 is 0 Å². The van der Waals surface area contributed by atoms with Crippen LogP contribution in [0.2, 0.25) is 0 Å². The minimum atomic E-state index is -0.157. The molecule has 114 valence electrons. The monoisotopic (exact) mass is 287 g/mol. The third kappa shape index (κ3) is 17.8. The molecule has 0 unspecified atom stereocenters.